The first kappa shape index (κ1) is 18.6. The number of imide groups is 1. The number of rotatable bonds is 8. The fraction of sp³-hybridized carbons (Fsp3) is 0.750. The van der Waals surface area contributed by atoms with Gasteiger partial charge in [-0.1, -0.05) is 10.2 Å². The van der Waals surface area contributed by atoms with Gasteiger partial charge in [0.15, 0.2) is 6.10 Å². The van der Waals surface area contributed by atoms with Crippen LogP contribution in [0.25, 0.3) is 20.9 Å². The summed E-state index contributed by atoms with van der Waals surface area (Å²) in [7, 11) is 0. The molecule has 0 aliphatic carbocycles. The van der Waals surface area contributed by atoms with Crippen LogP contribution in [0.3, 0.4) is 0 Å². The number of carbonyl (C=O) groups excluding carboxylic acids is 2. The molecule has 116 valence electrons. The normalized spacial score (nSPS) is 15.6. The lowest BCUT2D eigenvalue weighted by Crippen LogP contribution is -2.52. The first-order valence-corrected chi connectivity index (χ1v) is 5.42. The van der Waals surface area contributed by atoms with Crippen LogP contribution in [0, 0.1) is 0 Å². The summed E-state index contributed by atoms with van der Waals surface area (Å²) in [6.07, 6.45) is -8.10. The van der Waals surface area contributed by atoms with E-state index in [2.05, 4.69) is 20.1 Å². The molecule has 0 aromatic rings. The van der Waals surface area contributed by atoms with Gasteiger partial charge in [-0.15, -0.1) is 0 Å². The van der Waals surface area contributed by atoms with E-state index >= 15 is 0 Å². The second-order valence-electron chi connectivity index (χ2n) is 3.71. The predicted octanol–water partition coefficient (Wildman–Crippen LogP) is -2.31. The highest BCUT2D eigenvalue weighted by molar-refractivity contribution is 5.98. The summed E-state index contributed by atoms with van der Waals surface area (Å²) in [6, 6.07) is 0. The molecule has 0 saturated heterocycles. The average Bonchev–Trinajstić information content (AvgIpc) is 2.47. The van der Waals surface area contributed by atoms with E-state index in [9.17, 15) is 30.0 Å². The standard InChI is InChI=1S/C8H13N7O6/c9-14-11-1-3(16)5(18)6(19)7(20)8(21)13-4(17)2-12-15-10/h3,5-7,16,18-20H,1-2H2,(H,13,17,21)/t3-,5-,6+,7-/m1/s1. The largest absolute Gasteiger partial charge is 0.390 e. The molecule has 0 radical (unpaired) electrons. The SMILES string of the molecule is [N-]=[N+]=NCC(=O)NC(=O)[C@H](O)[C@@H](O)[C@H](O)[C@H](O)CN=[N+]=[N-]. The molecule has 4 atom stereocenters. The van der Waals surface area contributed by atoms with Gasteiger partial charge in [0, 0.05) is 9.82 Å². The third-order valence-electron chi connectivity index (χ3n) is 2.21. The maximum absolute atomic E-state index is 11.3. The van der Waals surface area contributed by atoms with Crippen LogP contribution in [0.2, 0.25) is 0 Å². The molecular formula is C8H13N7O6. The van der Waals surface area contributed by atoms with E-state index in [0.717, 1.165) is 0 Å². The van der Waals surface area contributed by atoms with Gasteiger partial charge in [0.25, 0.3) is 5.91 Å². The molecule has 0 unspecified atom stereocenters. The lowest BCUT2D eigenvalue weighted by molar-refractivity contribution is -0.148. The zero-order chi connectivity index (χ0) is 16.4. The van der Waals surface area contributed by atoms with Crippen molar-refractivity contribution in [3.05, 3.63) is 20.9 Å². The van der Waals surface area contributed by atoms with Gasteiger partial charge in [0.05, 0.1) is 12.6 Å². The van der Waals surface area contributed by atoms with Crippen molar-refractivity contribution in [3.8, 4) is 0 Å². The van der Waals surface area contributed by atoms with Crippen LogP contribution in [0.1, 0.15) is 0 Å². The van der Waals surface area contributed by atoms with Crippen LogP contribution in [0.5, 0.6) is 0 Å². The lowest BCUT2D eigenvalue weighted by atomic mass is 10.0. The highest BCUT2D eigenvalue weighted by Gasteiger charge is 2.34. The monoisotopic (exact) mass is 303 g/mol. The summed E-state index contributed by atoms with van der Waals surface area (Å²) in [4.78, 5) is 27.0. The fourth-order valence-electron chi connectivity index (χ4n) is 1.14. The van der Waals surface area contributed by atoms with Gasteiger partial charge in [-0.05, 0) is 11.1 Å². The van der Waals surface area contributed by atoms with Gasteiger partial charge in [-0.25, -0.2) is 0 Å². The quantitative estimate of drug-likeness (QED) is 0.188. The van der Waals surface area contributed by atoms with Gasteiger partial charge >= 0.3 is 0 Å². The van der Waals surface area contributed by atoms with Crippen molar-refractivity contribution in [1.29, 1.82) is 0 Å². The smallest absolute Gasteiger partial charge is 0.258 e. The van der Waals surface area contributed by atoms with Gasteiger partial charge in [-0.3, -0.25) is 14.9 Å². The highest BCUT2D eigenvalue weighted by atomic mass is 16.4. The topological polar surface area (TPSA) is 225 Å². The number of hydrogen-bond donors (Lipinski definition) is 5. The Bertz CT molecular complexity index is 472. The maximum Gasteiger partial charge on any atom is 0.258 e. The molecule has 13 heteroatoms. The number of hydrogen-bond acceptors (Lipinski definition) is 8. The number of aliphatic hydroxyl groups excluding tert-OH is 4. The van der Waals surface area contributed by atoms with Crippen LogP contribution >= 0.6 is 0 Å². The van der Waals surface area contributed by atoms with Gasteiger partial charge < -0.3 is 20.4 Å². The number of aliphatic hydroxyl groups is 4. The molecule has 13 nitrogen and oxygen atoms in total. The van der Waals surface area contributed by atoms with E-state index in [1.807, 2.05) is 0 Å². The van der Waals surface area contributed by atoms with Crippen LogP contribution in [-0.4, -0.2) is 69.7 Å². The van der Waals surface area contributed by atoms with E-state index < -0.39 is 49.3 Å². The third kappa shape index (κ3) is 6.54. The third-order valence-corrected chi connectivity index (χ3v) is 2.21. The van der Waals surface area contributed by atoms with Crippen molar-refractivity contribution < 1.29 is 30.0 Å². The van der Waals surface area contributed by atoms with Crippen molar-refractivity contribution in [2.24, 2.45) is 10.2 Å². The second kappa shape index (κ2) is 9.50. The van der Waals surface area contributed by atoms with E-state index in [1.165, 1.54) is 0 Å². The molecule has 0 heterocycles. The molecule has 2 amide bonds. The molecule has 0 aliphatic rings. The van der Waals surface area contributed by atoms with E-state index in [0.29, 0.717) is 0 Å². The van der Waals surface area contributed by atoms with Crippen molar-refractivity contribution in [2.75, 3.05) is 13.1 Å². The molecule has 0 aromatic heterocycles. The van der Waals surface area contributed by atoms with E-state index in [-0.39, 0.29) is 0 Å². The second-order valence-corrected chi connectivity index (χ2v) is 3.71. The van der Waals surface area contributed by atoms with Crippen molar-refractivity contribution in [1.82, 2.24) is 5.32 Å². The molecule has 0 aromatic carbocycles. The zero-order valence-corrected chi connectivity index (χ0v) is 10.5. The van der Waals surface area contributed by atoms with Crippen molar-refractivity contribution >= 4 is 11.8 Å². The Morgan fingerprint density at radius 3 is 2.14 bits per heavy atom. The number of nitrogens with one attached hydrogen (secondary N) is 1. The highest BCUT2D eigenvalue weighted by Crippen LogP contribution is 2.06. The average molecular weight is 303 g/mol. The summed E-state index contributed by atoms with van der Waals surface area (Å²) >= 11 is 0. The molecule has 0 saturated carbocycles. The number of amides is 2. The van der Waals surface area contributed by atoms with Crippen LogP contribution in [-0.2, 0) is 9.59 Å². The minimum Gasteiger partial charge on any atom is -0.390 e. The van der Waals surface area contributed by atoms with Crippen molar-refractivity contribution in [3.63, 3.8) is 0 Å². The molecule has 5 N–H and O–H groups in total. The molecule has 0 fully saturated rings. The predicted molar refractivity (Wildman–Crippen MR) is 65.2 cm³/mol. The Hall–Kier alpha value is -2.40. The summed E-state index contributed by atoms with van der Waals surface area (Å²) < 4.78 is 0. The number of nitrogens with zero attached hydrogens (tertiary/aromatic N) is 6. The van der Waals surface area contributed by atoms with E-state index in [4.69, 9.17) is 11.1 Å². The van der Waals surface area contributed by atoms with Crippen LogP contribution in [0.15, 0.2) is 10.2 Å². The Morgan fingerprint density at radius 1 is 1.05 bits per heavy atom. The van der Waals surface area contributed by atoms with E-state index in [1.54, 1.807) is 5.32 Å². The minimum atomic E-state index is -2.24. The Balaban J connectivity index is 4.56. The number of carbonyl (C=O) groups is 2. The fourth-order valence-corrected chi connectivity index (χ4v) is 1.14. The molecular weight excluding hydrogens is 290 g/mol. The lowest BCUT2D eigenvalue weighted by Gasteiger charge is -2.24. The Kier molecular flexibility index (Phi) is 8.41. The first-order valence-electron chi connectivity index (χ1n) is 5.42. The van der Waals surface area contributed by atoms with Crippen LogP contribution < -0.4 is 5.32 Å². The van der Waals surface area contributed by atoms with Gasteiger partial charge in [0.1, 0.15) is 18.8 Å². The van der Waals surface area contributed by atoms with Gasteiger partial charge in [-0.2, -0.15) is 0 Å². The maximum atomic E-state index is 11.3. The summed E-state index contributed by atoms with van der Waals surface area (Å²) in [6.45, 7) is -1.30. The molecule has 0 bridgehead atoms. The Morgan fingerprint density at radius 2 is 1.62 bits per heavy atom. The molecule has 0 spiro atoms. The zero-order valence-electron chi connectivity index (χ0n) is 10.5. The summed E-state index contributed by atoms with van der Waals surface area (Å²) in [5.74, 6) is -2.40. The summed E-state index contributed by atoms with van der Waals surface area (Å²) in [5.41, 5.74) is 16.0. The van der Waals surface area contributed by atoms with Gasteiger partial charge in [0.2, 0.25) is 5.91 Å². The minimum absolute atomic E-state index is 0.598. The molecule has 21 heavy (non-hydrogen) atoms. The molecule has 0 aliphatic heterocycles. The summed E-state index contributed by atoms with van der Waals surface area (Å²) in [5, 5.41) is 45.0. The Labute approximate surface area is 117 Å². The number of azide groups is 2. The molecule has 0 rings (SSSR count). The van der Waals surface area contributed by atoms with Crippen molar-refractivity contribution in [2.45, 2.75) is 24.4 Å². The first-order chi connectivity index (χ1) is 9.84. The van der Waals surface area contributed by atoms with Crippen LogP contribution in [0.4, 0.5) is 0 Å².